The number of ether oxygens (including phenoxy) is 1. The van der Waals surface area contributed by atoms with Gasteiger partial charge in [0.2, 0.25) is 11.8 Å². The first-order valence-electron chi connectivity index (χ1n) is 12.2. The van der Waals surface area contributed by atoms with Crippen LogP contribution < -0.4 is 10.6 Å². The molecule has 0 aliphatic carbocycles. The van der Waals surface area contributed by atoms with Gasteiger partial charge in [-0.05, 0) is 29.9 Å². The lowest BCUT2D eigenvalue weighted by molar-refractivity contribution is -0.140. The fourth-order valence-electron chi connectivity index (χ4n) is 4.31. The number of hydrogen-bond donors (Lipinski definition) is 4. The Morgan fingerprint density at radius 3 is 2.19 bits per heavy atom. The lowest BCUT2D eigenvalue weighted by atomic mass is 9.73. The van der Waals surface area contributed by atoms with Crippen LogP contribution in [0, 0.1) is 5.92 Å². The van der Waals surface area contributed by atoms with Gasteiger partial charge in [-0.3, -0.25) is 9.59 Å². The molecule has 1 aliphatic rings. The standard InChI is InChI=1S/C26H34BN3O6/c1-18(2)23(27(34)35)29-24(31)22-14-9-15-30(22)25(32)21(16-19-10-5-3-6-11-19)28-26(33)36-17-20-12-7-4-8-13-20/h3-8,10-13,18,21-23,34-35H,9,14-17H2,1-2H3,(H,28,33)(H,29,31)/t21-,22-,23-/m0/s1. The Kier molecular flexibility index (Phi) is 9.90. The SMILES string of the molecule is CC(C)[C@H](NC(=O)[C@@H]1CCCN1C(=O)[C@H](Cc1ccccc1)NC(=O)OCc1ccccc1)B(O)O. The number of amides is 3. The molecule has 10 heteroatoms. The zero-order chi connectivity index (χ0) is 26.1. The monoisotopic (exact) mass is 495 g/mol. The van der Waals surface area contributed by atoms with Gasteiger partial charge in [-0.15, -0.1) is 0 Å². The average Bonchev–Trinajstić information content (AvgIpc) is 3.36. The number of benzene rings is 2. The van der Waals surface area contributed by atoms with Gasteiger partial charge in [0, 0.05) is 13.0 Å². The van der Waals surface area contributed by atoms with Crippen molar-refractivity contribution in [3.63, 3.8) is 0 Å². The van der Waals surface area contributed by atoms with Crippen molar-refractivity contribution < 1.29 is 29.2 Å². The molecule has 1 saturated heterocycles. The molecule has 1 fully saturated rings. The second-order valence-corrected chi connectivity index (χ2v) is 9.33. The Hall–Kier alpha value is -3.37. The van der Waals surface area contributed by atoms with Crippen molar-refractivity contribution in [3.8, 4) is 0 Å². The summed E-state index contributed by atoms with van der Waals surface area (Å²) in [6, 6.07) is 16.8. The number of carbonyl (C=O) groups is 3. The molecule has 0 radical (unpaired) electrons. The topological polar surface area (TPSA) is 128 Å². The zero-order valence-electron chi connectivity index (χ0n) is 20.7. The molecule has 0 saturated carbocycles. The van der Waals surface area contributed by atoms with E-state index in [0.717, 1.165) is 11.1 Å². The van der Waals surface area contributed by atoms with Crippen molar-refractivity contribution in [3.05, 3.63) is 71.8 Å². The second kappa shape index (κ2) is 13.1. The highest BCUT2D eigenvalue weighted by Crippen LogP contribution is 2.21. The smallest absolute Gasteiger partial charge is 0.445 e. The highest BCUT2D eigenvalue weighted by Gasteiger charge is 2.40. The van der Waals surface area contributed by atoms with Crippen LogP contribution in [0.15, 0.2) is 60.7 Å². The summed E-state index contributed by atoms with van der Waals surface area (Å²) >= 11 is 0. The Morgan fingerprint density at radius 2 is 1.61 bits per heavy atom. The molecule has 2 aromatic rings. The largest absolute Gasteiger partial charge is 0.475 e. The maximum Gasteiger partial charge on any atom is 0.475 e. The molecule has 1 heterocycles. The van der Waals surface area contributed by atoms with E-state index in [4.69, 9.17) is 4.74 Å². The molecule has 3 atom stereocenters. The third-order valence-electron chi connectivity index (χ3n) is 6.27. The van der Waals surface area contributed by atoms with Gasteiger partial charge in [0.25, 0.3) is 0 Å². The summed E-state index contributed by atoms with van der Waals surface area (Å²) in [5, 5.41) is 24.6. The van der Waals surface area contributed by atoms with E-state index in [2.05, 4.69) is 10.6 Å². The van der Waals surface area contributed by atoms with E-state index in [-0.39, 0.29) is 24.9 Å². The fourth-order valence-corrected chi connectivity index (χ4v) is 4.31. The highest BCUT2D eigenvalue weighted by molar-refractivity contribution is 6.43. The molecule has 4 N–H and O–H groups in total. The third-order valence-corrected chi connectivity index (χ3v) is 6.27. The summed E-state index contributed by atoms with van der Waals surface area (Å²) in [7, 11) is -1.72. The van der Waals surface area contributed by atoms with Gasteiger partial charge in [-0.25, -0.2) is 4.79 Å². The lowest BCUT2D eigenvalue weighted by Gasteiger charge is -2.30. The predicted octanol–water partition coefficient (Wildman–Crippen LogP) is 1.67. The molecular formula is C26H34BN3O6. The van der Waals surface area contributed by atoms with Crippen molar-refractivity contribution in [2.24, 2.45) is 5.92 Å². The van der Waals surface area contributed by atoms with Crippen LogP contribution in [0.2, 0.25) is 0 Å². The summed E-state index contributed by atoms with van der Waals surface area (Å²) in [4.78, 5) is 40.7. The lowest BCUT2D eigenvalue weighted by Crippen LogP contribution is -2.57. The molecule has 0 unspecified atom stereocenters. The first-order valence-corrected chi connectivity index (χ1v) is 12.2. The van der Waals surface area contributed by atoms with Gasteiger partial charge < -0.3 is 30.3 Å². The van der Waals surface area contributed by atoms with E-state index in [1.807, 2.05) is 60.7 Å². The fraction of sp³-hybridized carbons (Fsp3) is 0.423. The Morgan fingerprint density at radius 1 is 1.00 bits per heavy atom. The molecule has 1 aliphatic heterocycles. The van der Waals surface area contributed by atoms with E-state index in [1.54, 1.807) is 13.8 Å². The van der Waals surface area contributed by atoms with Crippen LogP contribution in [-0.2, 0) is 27.4 Å². The third kappa shape index (κ3) is 7.57. The van der Waals surface area contributed by atoms with E-state index in [0.29, 0.717) is 19.4 Å². The van der Waals surface area contributed by atoms with Crippen LogP contribution in [0.4, 0.5) is 4.79 Å². The summed E-state index contributed by atoms with van der Waals surface area (Å²) in [6.45, 7) is 3.95. The molecule has 0 spiro atoms. The minimum atomic E-state index is -1.72. The molecule has 3 amide bonds. The van der Waals surface area contributed by atoms with Crippen LogP contribution in [0.5, 0.6) is 0 Å². The number of likely N-dealkylation sites (tertiary alicyclic amines) is 1. The van der Waals surface area contributed by atoms with Gasteiger partial charge in [0.1, 0.15) is 18.7 Å². The first kappa shape index (κ1) is 27.2. The van der Waals surface area contributed by atoms with E-state index < -0.39 is 37.1 Å². The molecule has 0 aromatic heterocycles. The Labute approximate surface area is 212 Å². The number of rotatable bonds is 10. The average molecular weight is 495 g/mol. The first-order chi connectivity index (χ1) is 17.3. The normalized spacial score (nSPS) is 16.8. The van der Waals surface area contributed by atoms with Crippen LogP contribution in [-0.4, -0.2) is 64.5 Å². The van der Waals surface area contributed by atoms with Crippen LogP contribution >= 0.6 is 0 Å². The quantitative estimate of drug-likeness (QED) is 0.372. The predicted molar refractivity (Wildman–Crippen MR) is 135 cm³/mol. The van der Waals surface area contributed by atoms with Gasteiger partial charge in [0.15, 0.2) is 0 Å². The van der Waals surface area contributed by atoms with E-state index >= 15 is 0 Å². The van der Waals surface area contributed by atoms with Gasteiger partial charge in [-0.1, -0.05) is 74.5 Å². The van der Waals surface area contributed by atoms with Gasteiger partial charge in [-0.2, -0.15) is 0 Å². The molecule has 2 aromatic carbocycles. The summed E-state index contributed by atoms with van der Waals surface area (Å²) in [5.41, 5.74) is 1.67. The minimum Gasteiger partial charge on any atom is -0.445 e. The highest BCUT2D eigenvalue weighted by atomic mass is 16.5. The van der Waals surface area contributed by atoms with Crippen molar-refractivity contribution in [1.29, 1.82) is 0 Å². The molecule has 36 heavy (non-hydrogen) atoms. The van der Waals surface area contributed by atoms with Crippen LogP contribution in [0.1, 0.15) is 37.8 Å². The summed E-state index contributed by atoms with van der Waals surface area (Å²) in [5.74, 6) is -1.91. The molecule has 3 rings (SSSR count). The number of nitrogens with one attached hydrogen (secondary N) is 2. The van der Waals surface area contributed by atoms with Crippen molar-refractivity contribution in [2.45, 2.75) is 57.7 Å². The van der Waals surface area contributed by atoms with E-state index in [9.17, 15) is 24.4 Å². The number of carbonyl (C=O) groups excluding carboxylic acids is 3. The van der Waals surface area contributed by atoms with Crippen LogP contribution in [0.25, 0.3) is 0 Å². The molecule has 9 nitrogen and oxygen atoms in total. The molecule has 0 bridgehead atoms. The number of alkyl carbamates (subject to hydrolysis) is 1. The number of nitrogens with zero attached hydrogens (tertiary/aromatic N) is 1. The maximum absolute atomic E-state index is 13.6. The van der Waals surface area contributed by atoms with Crippen LogP contribution in [0.3, 0.4) is 0 Å². The summed E-state index contributed by atoms with van der Waals surface area (Å²) < 4.78 is 5.33. The summed E-state index contributed by atoms with van der Waals surface area (Å²) in [6.07, 6.45) is 0.570. The molecule has 192 valence electrons. The van der Waals surface area contributed by atoms with Crippen molar-refractivity contribution in [2.75, 3.05) is 6.54 Å². The van der Waals surface area contributed by atoms with Crippen molar-refractivity contribution in [1.82, 2.24) is 15.5 Å². The van der Waals surface area contributed by atoms with E-state index in [1.165, 1.54) is 4.90 Å². The zero-order valence-corrected chi connectivity index (χ0v) is 20.7. The van der Waals surface area contributed by atoms with Crippen molar-refractivity contribution >= 4 is 25.0 Å². The Balaban J connectivity index is 1.72. The van der Waals surface area contributed by atoms with Gasteiger partial charge >= 0.3 is 13.2 Å². The number of hydrogen-bond acceptors (Lipinski definition) is 6. The maximum atomic E-state index is 13.6. The Bertz CT molecular complexity index is 997. The second-order valence-electron chi connectivity index (χ2n) is 9.33. The molecular weight excluding hydrogens is 461 g/mol. The minimum absolute atomic E-state index is 0.0632. The van der Waals surface area contributed by atoms with Gasteiger partial charge in [0.05, 0.1) is 5.94 Å².